The van der Waals surface area contributed by atoms with Crippen molar-refractivity contribution in [2.24, 2.45) is 0 Å². The van der Waals surface area contributed by atoms with Crippen molar-refractivity contribution in [3.05, 3.63) is 27.3 Å². The quantitative estimate of drug-likeness (QED) is 0.872. The number of hydrogen-bond acceptors (Lipinski definition) is 2. The van der Waals surface area contributed by atoms with Crippen molar-refractivity contribution in [1.29, 1.82) is 0 Å². The molecule has 0 radical (unpaired) electrons. The minimum atomic E-state index is 0.380. The van der Waals surface area contributed by atoms with Gasteiger partial charge in [0.15, 0.2) is 0 Å². The lowest BCUT2D eigenvalue weighted by atomic mass is 9.90. The fraction of sp³-hybridized carbons (Fsp3) is 0.600. The lowest BCUT2D eigenvalue weighted by Crippen LogP contribution is -2.28. The third-order valence-electron chi connectivity index (χ3n) is 4.07. The second kappa shape index (κ2) is 5.50. The number of rotatable bonds is 2. The molecular formula is C15H22ClNO. The summed E-state index contributed by atoms with van der Waals surface area (Å²) >= 11 is 6.45. The normalized spacial score (nSPS) is 19.9. The van der Waals surface area contributed by atoms with Gasteiger partial charge < -0.3 is 10.1 Å². The maximum absolute atomic E-state index is 6.45. The minimum absolute atomic E-state index is 0.380. The van der Waals surface area contributed by atoms with Crippen LogP contribution in [0.1, 0.15) is 47.6 Å². The fourth-order valence-corrected chi connectivity index (χ4v) is 3.13. The van der Waals surface area contributed by atoms with E-state index < -0.39 is 0 Å². The van der Waals surface area contributed by atoms with Gasteiger partial charge >= 0.3 is 0 Å². The van der Waals surface area contributed by atoms with Crippen LogP contribution in [0.15, 0.2) is 0 Å². The molecule has 2 rings (SSSR count). The molecule has 1 aromatic rings. The molecule has 3 heteroatoms. The summed E-state index contributed by atoms with van der Waals surface area (Å²) < 4.78 is 5.65. The number of hydrogen-bond donors (Lipinski definition) is 1. The van der Waals surface area contributed by atoms with Gasteiger partial charge in [-0.2, -0.15) is 0 Å². The fourth-order valence-electron chi connectivity index (χ4n) is 2.89. The zero-order valence-electron chi connectivity index (χ0n) is 11.7. The van der Waals surface area contributed by atoms with E-state index in [2.05, 4.69) is 26.1 Å². The van der Waals surface area contributed by atoms with Crippen LogP contribution in [0, 0.1) is 20.8 Å². The lowest BCUT2D eigenvalue weighted by Gasteiger charge is -2.29. The van der Waals surface area contributed by atoms with Gasteiger partial charge in [0, 0.05) is 16.6 Å². The third kappa shape index (κ3) is 2.24. The predicted octanol–water partition coefficient (Wildman–Crippen LogP) is 4.09. The highest BCUT2D eigenvalue weighted by atomic mass is 35.5. The molecule has 1 unspecified atom stereocenters. The summed E-state index contributed by atoms with van der Waals surface area (Å²) in [5.74, 6) is 1.01. The first-order chi connectivity index (χ1) is 8.57. The lowest BCUT2D eigenvalue weighted by molar-refractivity contribution is 0.370. The molecule has 1 aromatic carbocycles. The van der Waals surface area contributed by atoms with E-state index in [1.165, 1.54) is 18.4 Å². The van der Waals surface area contributed by atoms with Gasteiger partial charge in [-0.1, -0.05) is 18.0 Å². The molecule has 0 saturated carbocycles. The summed E-state index contributed by atoms with van der Waals surface area (Å²) in [6, 6.07) is 0.380. The van der Waals surface area contributed by atoms with E-state index in [0.29, 0.717) is 6.04 Å². The molecule has 0 spiro atoms. The summed E-state index contributed by atoms with van der Waals surface area (Å²) in [6.45, 7) is 7.33. The molecule has 0 aromatic heterocycles. The average molecular weight is 268 g/mol. The first-order valence-electron chi connectivity index (χ1n) is 6.64. The first kappa shape index (κ1) is 13.7. The molecule has 1 saturated heterocycles. The smallest absolute Gasteiger partial charge is 0.127 e. The van der Waals surface area contributed by atoms with Crippen LogP contribution < -0.4 is 10.1 Å². The van der Waals surface area contributed by atoms with Crippen LogP contribution in [-0.2, 0) is 0 Å². The number of benzene rings is 1. The Morgan fingerprint density at radius 3 is 2.39 bits per heavy atom. The van der Waals surface area contributed by atoms with E-state index in [9.17, 15) is 0 Å². The highest BCUT2D eigenvalue weighted by Gasteiger charge is 2.24. The minimum Gasteiger partial charge on any atom is -0.496 e. The molecule has 18 heavy (non-hydrogen) atoms. The van der Waals surface area contributed by atoms with E-state index in [1.807, 2.05) is 0 Å². The highest BCUT2D eigenvalue weighted by molar-refractivity contribution is 6.32. The van der Waals surface area contributed by atoms with Crippen LogP contribution in [0.25, 0.3) is 0 Å². The second-order valence-corrected chi connectivity index (χ2v) is 5.52. The molecule has 1 N–H and O–H groups in total. The SMILES string of the molecule is COc1c(C)c(C)c(Cl)c(C)c1C1CCCCN1. The molecule has 0 amide bonds. The molecule has 1 heterocycles. The van der Waals surface area contributed by atoms with E-state index in [0.717, 1.165) is 40.4 Å². The Kier molecular flexibility index (Phi) is 4.18. The molecule has 100 valence electrons. The maximum atomic E-state index is 6.45. The number of halogens is 1. The van der Waals surface area contributed by atoms with Crippen molar-refractivity contribution in [2.45, 2.75) is 46.1 Å². The van der Waals surface area contributed by atoms with E-state index >= 15 is 0 Å². The van der Waals surface area contributed by atoms with Crippen molar-refractivity contribution in [1.82, 2.24) is 5.32 Å². The number of ether oxygens (including phenoxy) is 1. The van der Waals surface area contributed by atoms with E-state index in [4.69, 9.17) is 16.3 Å². The molecule has 1 atom stereocenters. The maximum Gasteiger partial charge on any atom is 0.127 e. The van der Waals surface area contributed by atoms with Crippen molar-refractivity contribution < 1.29 is 4.74 Å². The number of nitrogens with one attached hydrogen (secondary N) is 1. The average Bonchev–Trinajstić information content (AvgIpc) is 2.41. The molecule has 0 aliphatic carbocycles. The topological polar surface area (TPSA) is 21.3 Å². The third-order valence-corrected chi connectivity index (χ3v) is 4.64. The van der Waals surface area contributed by atoms with Crippen molar-refractivity contribution >= 4 is 11.6 Å². The first-order valence-corrected chi connectivity index (χ1v) is 7.02. The van der Waals surface area contributed by atoms with Crippen molar-refractivity contribution in [2.75, 3.05) is 13.7 Å². The van der Waals surface area contributed by atoms with Gasteiger partial charge in [0.05, 0.1) is 7.11 Å². The molecule has 0 bridgehead atoms. The molecule has 1 aliphatic rings. The van der Waals surface area contributed by atoms with Crippen LogP contribution >= 0.6 is 11.6 Å². The predicted molar refractivity (Wildman–Crippen MR) is 76.8 cm³/mol. The van der Waals surface area contributed by atoms with Gasteiger partial charge in [0.1, 0.15) is 5.75 Å². The second-order valence-electron chi connectivity index (χ2n) is 5.14. The summed E-state index contributed by atoms with van der Waals surface area (Å²) in [7, 11) is 1.75. The largest absolute Gasteiger partial charge is 0.496 e. The monoisotopic (exact) mass is 267 g/mol. The highest BCUT2D eigenvalue weighted by Crippen LogP contribution is 2.41. The van der Waals surface area contributed by atoms with Crippen molar-refractivity contribution in [3.63, 3.8) is 0 Å². The Balaban J connectivity index is 2.56. The molecule has 2 nitrogen and oxygen atoms in total. The van der Waals surface area contributed by atoms with Crippen LogP contribution in [0.4, 0.5) is 0 Å². The standard InChI is InChI=1S/C15H22ClNO/c1-9-10(2)15(18-4)13(11(3)14(9)16)12-7-5-6-8-17-12/h12,17H,5-8H2,1-4H3. The summed E-state index contributed by atoms with van der Waals surface area (Å²) in [5, 5.41) is 4.47. The van der Waals surface area contributed by atoms with Crippen LogP contribution in [0.3, 0.4) is 0 Å². The zero-order chi connectivity index (χ0) is 13.3. The van der Waals surface area contributed by atoms with Gasteiger partial charge in [-0.15, -0.1) is 0 Å². The van der Waals surface area contributed by atoms with Gasteiger partial charge in [-0.3, -0.25) is 0 Å². The number of piperidine rings is 1. The molecule has 1 aliphatic heterocycles. The molecular weight excluding hydrogens is 246 g/mol. The summed E-state index contributed by atoms with van der Waals surface area (Å²) in [4.78, 5) is 0. The Hall–Kier alpha value is -0.730. The Morgan fingerprint density at radius 1 is 1.11 bits per heavy atom. The van der Waals surface area contributed by atoms with Crippen molar-refractivity contribution in [3.8, 4) is 5.75 Å². The van der Waals surface area contributed by atoms with E-state index in [-0.39, 0.29) is 0 Å². The van der Waals surface area contributed by atoms with Gasteiger partial charge in [-0.05, 0) is 56.8 Å². The van der Waals surface area contributed by atoms with Gasteiger partial charge in [0.2, 0.25) is 0 Å². The van der Waals surface area contributed by atoms with Gasteiger partial charge in [-0.25, -0.2) is 0 Å². The van der Waals surface area contributed by atoms with Gasteiger partial charge in [0.25, 0.3) is 0 Å². The van der Waals surface area contributed by atoms with Crippen LogP contribution in [0.5, 0.6) is 5.75 Å². The number of methoxy groups -OCH3 is 1. The van der Waals surface area contributed by atoms with Crippen LogP contribution in [-0.4, -0.2) is 13.7 Å². The Bertz CT molecular complexity index is 451. The summed E-state index contributed by atoms with van der Waals surface area (Å²) in [6.07, 6.45) is 3.69. The summed E-state index contributed by atoms with van der Waals surface area (Å²) in [5.41, 5.74) is 4.71. The Morgan fingerprint density at radius 2 is 1.83 bits per heavy atom. The zero-order valence-corrected chi connectivity index (χ0v) is 12.4. The van der Waals surface area contributed by atoms with Crippen LogP contribution in [0.2, 0.25) is 5.02 Å². The Labute approximate surface area is 115 Å². The molecule has 1 fully saturated rings. The van der Waals surface area contributed by atoms with E-state index in [1.54, 1.807) is 7.11 Å².